The highest BCUT2D eigenvalue weighted by Crippen LogP contribution is 2.39. The number of hydrogen-bond acceptors (Lipinski definition) is 6. The molecular weight excluding hydrogens is 372 g/mol. The minimum atomic E-state index is -0.848. The van der Waals surface area contributed by atoms with Gasteiger partial charge < -0.3 is 24.8 Å². The van der Waals surface area contributed by atoms with E-state index in [0.29, 0.717) is 23.6 Å². The summed E-state index contributed by atoms with van der Waals surface area (Å²) < 4.78 is 12.5. The SMILES string of the molecule is CNC(C(=O)N1Cc2c(OC)ccc(OC)c2C(O)C1)c1cnn(C)c1.Cl. The van der Waals surface area contributed by atoms with Crippen LogP contribution in [0.25, 0.3) is 0 Å². The highest BCUT2D eigenvalue weighted by molar-refractivity contribution is 5.85. The van der Waals surface area contributed by atoms with Crippen molar-refractivity contribution in [2.75, 3.05) is 27.8 Å². The van der Waals surface area contributed by atoms with Gasteiger partial charge in [-0.1, -0.05) is 0 Å². The summed E-state index contributed by atoms with van der Waals surface area (Å²) in [5, 5.41) is 17.8. The summed E-state index contributed by atoms with van der Waals surface area (Å²) in [5.74, 6) is 1.09. The molecule has 1 aromatic heterocycles. The fourth-order valence-corrected chi connectivity index (χ4v) is 3.45. The van der Waals surface area contributed by atoms with E-state index in [1.807, 2.05) is 0 Å². The fraction of sp³-hybridized carbons (Fsp3) is 0.444. The Balaban J connectivity index is 0.00000261. The van der Waals surface area contributed by atoms with Crippen LogP contribution in [0.2, 0.25) is 0 Å². The summed E-state index contributed by atoms with van der Waals surface area (Å²) in [7, 11) is 6.67. The zero-order valence-corrected chi connectivity index (χ0v) is 16.6. The number of aliphatic hydroxyl groups is 1. The molecular formula is C18H25ClN4O4. The predicted molar refractivity (Wildman–Crippen MR) is 102 cm³/mol. The fourth-order valence-electron chi connectivity index (χ4n) is 3.45. The summed E-state index contributed by atoms with van der Waals surface area (Å²) in [4.78, 5) is 14.7. The van der Waals surface area contributed by atoms with Gasteiger partial charge in [0.25, 0.3) is 0 Å². The van der Waals surface area contributed by atoms with Crippen molar-refractivity contribution in [1.29, 1.82) is 0 Å². The quantitative estimate of drug-likeness (QED) is 0.789. The van der Waals surface area contributed by atoms with Crippen LogP contribution in [0.15, 0.2) is 24.5 Å². The molecule has 0 fully saturated rings. The maximum Gasteiger partial charge on any atom is 0.244 e. The maximum atomic E-state index is 13.1. The molecule has 0 bridgehead atoms. The molecule has 148 valence electrons. The summed E-state index contributed by atoms with van der Waals surface area (Å²) >= 11 is 0. The van der Waals surface area contributed by atoms with Gasteiger partial charge in [0.1, 0.15) is 23.6 Å². The number of nitrogens with one attached hydrogen (secondary N) is 1. The topological polar surface area (TPSA) is 88.9 Å². The molecule has 0 aliphatic carbocycles. The Kier molecular flexibility index (Phi) is 6.69. The Hall–Kier alpha value is -2.29. The summed E-state index contributed by atoms with van der Waals surface area (Å²) in [6.07, 6.45) is 2.62. The van der Waals surface area contributed by atoms with E-state index < -0.39 is 12.1 Å². The molecule has 0 radical (unpaired) electrons. The van der Waals surface area contributed by atoms with Crippen LogP contribution in [-0.2, 0) is 18.4 Å². The second-order valence-corrected chi connectivity index (χ2v) is 6.27. The number of aryl methyl sites for hydroxylation is 1. The first-order chi connectivity index (χ1) is 12.5. The third kappa shape index (κ3) is 3.87. The molecule has 0 spiro atoms. The normalized spacial score (nSPS) is 16.9. The van der Waals surface area contributed by atoms with E-state index in [0.717, 1.165) is 11.1 Å². The van der Waals surface area contributed by atoms with E-state index in [4.69, 9.17) is 9.47 Å². The number of aliphatic hydroxyl groups excluding tert-OH is 1. The van der Waals surface area contributed by atoms with Gasteiger partial charge in [-0.25, -0.2) is 0 Å². The van der Waals surface area contributed by atoms with Gasteiger partial charge in [0.15, 0.2) is 0 Å². The Morgan fingerprint density at radius 3 is 2.56 bits per heavy atom. The average molecular weight is 397 g/mol. The van der Waals surface area contributed by atoms with Gasteiger partial charge in [0.05, 0.1) is 27.0 Å². The number of likely N-dealkylation sites (N-methyl/N-ethyl adjacent to an activating group) is 1. The number of hydrogen-bond donors (Lipinski definition) is 2. The van der Waals surface area contributed by atoms with E-state index in [1.54, 1.807) is 62.4 Å². The van der Waals surface area contributed by atoms with Gasteiger partial charge in [-0.2, -0.15) is 5.10 Å². The van der Waals surface area contributed by atoms with Crippen molar-refractivity contribution in [3.8, 4) is 11.5 Å². The number of carbonyl (C=O) groups excluding carboxylic acids is 1. The lowest BCUT2D eigenvalue weighted by molar-refractivity contribution is -0.136. The molecule has 2 aromatic rings. The number of aromatic nitrogens is 2. The first kappa shape index (κ1) is 21.0. The van der Waals surface area contributed by atoms with Crippen molar-refractivity contribution in [1.82, 2.24) is 20.0 Å². The standard InChI is InChI=1S/C18H24N4O4.ClH/c1-19-17(11-7-20-21(2)8-11)18(24)22-9-12-14(25-3)5-6-15(26-4)16(12)13(23)10-22;/h5-8,13,17,19,23H,9-10H2,1-4H3;1H. The molecule has 0 saturated carbocycles. The number of halogens is 1. The van der Waals surface area contributed by atoms with Gasteiger partial charge in [-0.05, 0) is 19.2 Å². The molecule has 1 aromatic carbocycles. The highest BCUT2D eigenvalue weighted by atomic mass is 35.5. The van der Waals surface area contributed by atoms with Gasteiger partial charge >= 0.3 is 0 Å². The number of rotatable bonds is 5. The van der Waals surface area contributed by atoms with Gasteiger partial charge in [-0.3, -0.25) is 9.48 Å². The molecule has 2 N–H and O–H groups in total. The lowest BCUT2D eigenvalue weighted by Gasteiger charge is -2.35. The van der Waals surface area contributed by atoms with E-state index >= 15 is 0 Å². The zero-order valence-electron chi connectivity index (χ0n) is 15.8. The summed E-state index contributed by atoms with van der Waals surface area (Å²) in [6.45, 7) is 0.526. The van der Waals surface area contributed by atoms with Crippen molar-refractivity contribution in [2.24, 2.45) is 7.05 Å². The number of fused-ring (bicyclic) bond motifs is 1. The molecule has 1 amide bonds. The van der Waals surface area contributed by atoms with Gasteiger partial charge in [0, 0.05) is 36.5 Å². The minimum Gasteiger partial charge on any atom is -0.496 e. The number of amides is 1. The Morgan fingerprint density at radius 2 is 2.00 bits per heavy atom. The molecule has 3 rings (SSSR count). The predicted octanol–water partition coefficient (Wildman–Crippen LogP) is 1.20. The van der Waals surface area contributed by atoms with E-state index in [9.17, 15) is 9.90 Å². The molecule has 1 aliphatic heterocycles. The van der Waals surface area contributed by atoms with Crippen molar-refractivity contribution < 1.29 is 19.4 Å². The number of benzene rings is 1. The first-order valence-electron chi connectivity index (χ1n) is 8.36. The van der Waals surface area contributed by atoms with Crippen LogP contribution in [0.3, 0.4) is 0 Å². The smallest absolute Gasteiger partial charge is 0.244 e. The largest absolute Gasteiger partial charge is 0.496 e. The second kappa shape index (κ2) is 8.60. The van der Waals surface area contributed by atoms with E-state index in [-0.39, 0.29) is 24.9 Å². The van der Waals surface area contributed by atoms with Crippen LogP contribution in [0.4, 0.5) is 0 Å². The molecule has 2 unspecified atom stereocenters. The molecule has 27 heavy (non-hydrogen) atoms. The summed E-state index contributed by atoms with van der Waals surface area (Å²) in [5.41, 5.74) is 2.22. The average Bonchev–Trinajstić information content (AvgIpc) is 3.07. The molecule has 2 heterocycles. The Bertz CT molecular complexity index is 811. The number of methoxy groups -OCH3 is 2. The molecule has 1 aliphatic rings. The van der Waals surface area contributed by atoms with Gasteiger partial charge in [0.2, 0.25) is 5.91 Å². The second-order valence-electron chi connectivity index (χ2n) is 6.27. The van der Waals surface area contributed by atoms with E-state index in [1.165, 1.54) is 0 Å². The van der Waals surface area contributed by atoms with Crippen molar-refractivity contribution >= 4 is 18.3 Å². The minimum absolute atomic E-state index is 0. The number of β-amino-alcohol motifs (C(OH)–C–C–N with tert-alkyl or cyclic N) is 1. The van der Waals surface area contributed by atoms with Crippen LogP contribution < -0.4 is 14.8 Å². The molecule has 2 atom stereocenters. The van der Waals surface area contributed by atoms with Crippen LogP contribution in [0, 0.1) is 0 Å². The number of ether oxygens (including phenoxy) is 2. The highest BCUT2D eigenvalue weighted by Gasteiger charge is 2.34. The van der Waals surface area contributed by atoms with Crippen molar-refractivity contribution in [2.45, 2.75) is 18.7 Å². The van der Waals surface area contributed by atoms with Crippen molar-refractivity contribution in [3.05, 3.63) is 41.2 Å². The lowest BCUT2D eigenvalue weighted by atomic mass is 9.94. The molecule has 0 saturated heterocycles. The number of nitrogens with zero attached hydrogens (tertiary/aromatic N) is 3. The van der Waals surface area contributed by atoms with Gasteiger partial charge in [-0.15, -0.1) is 12.4 Å². The van der Waals surface area contributed by atoms with Crippen molar-refractivity contribution in [3.63, 3.8) is 0 Å². The van der Waals surface area contributed by atoms with Crippen LogP contribution in [0.5, 0.6) is 11.5 Å². The molecule has 8 nitrogen and oxygen atoms in total. The Labute approximate surface area is 164 Å². The monoisotopic (exact) mass is 396 g/mol. The van der Waals surface area contributed by atoms with Crippen LogP contribution in [0.1, 0.15) is 28.8 Å². The summed E-state index contributed by atoms with van der Waals surface area (Å²) in [6, 6.07) is 3.02. The van der Waals surface area contributed by atoms with Crippen LogP contribution in [-0.4, -0.2) is 53.5 Å². The number of carbonyl (C=O) groups is 1. The third-order valence-corrected chi connectivity index (χ3v) is 4.69. The van der Waals surface area contributed by atoms with Crippen LogP contribution >= 0.6 is 12.4 Å². The Morgan fingerprint density at radius 1 is 1.33 bits per heavy atom. The zero-order chi connectivity index (χ0) is 18.8. The maximum absolute atomic E-state index is 13.1. The first-order valence-corrected chi connectivity index (χ1v) is 8.36. The lowest BCUT2D eigenvalue weighted by Crippen LogP contribution is -2.44. The molecule has 9 heteroatoms. The van der Waals surface area contributed by atoms with E-state index in [2.05, 4.69) is 10.4 Å². The third-order valence-electron chi connectivity index (χ3n) is 4.69.